The van der Waals surface area contributed by atoms with Crippen LogP contribution in [0.1, 0.15) is 93.2 Å². The van der Waals surface area contributed by atoms with E-state index in [1.165, 1.54) is 6.42 Å². The van der Waals surface area contributed by atoms with E-state index in [1.54, 1.807) is 11.3 Å². The first-order valence-corrected chi connectivity index (χ1v) is 15.3. The SMILES string of the molecule is CC(C)c1cccc(C(C)C)c1NC(=O)N(CC(=O)N(Cc1ccccc1)Cc1cccs1)C1CCCCC1. The summed E-state index contributed by atoms with van der Waals surface area (Å²) in [6, 6.07) is 20.4. The summed E-state index contributed by atoms with van der Waals surface area (Å²) in [5.74, 6) is 0.529. The van der Waals surface area contributed by atoms with Crippen molar-refractivity contribution in [1.29, 1.82) is 0 Å². The van der Waals surface area contributed by atoms with Gasteiger partial charge < -0.3 is 15.1 Å². The fourth-order valence-electron chi connectivity index (χ4n) is 5.51. The van der Waals surface area contributed by atoms with Crippen molar-refractivity contribution >= 4 is 29.0 Å². The molecule has 1 N–H and O–H groups in total. The molecule has 3 aromatic rings. The molecule has 1 fully saturated rings. The zero-order chi connectivity index (χ0) is 27.8. The molecule has 3 amide bonds. The van der Waals surface area contributed by atoms with Crippen molar-refractivity contribution in [2.45, 2.75) is 90.8 Å². The van der Waals surface area contributed by atoms with Gasteiger partial charge in [-0.2, -0.15) is 0 Å². The number of carbonyl (C=O) groups is 2. The maximum absolute atomic E-state index is 14.0. The average Bonchev–Trinajstić information content (AvgIpc) is 3.45. The molecule has 1 saturated carbocycles. The second-order valence-corrected chi connectivity index (χ2v) is 12.3. The number of rotatable bonds is 10. The molecule has 0 bridgehead atoms. The zero-order valence-corrected chi connectivity index (χ0v) is 24.7. The molecule has 0 unspecified atom stereocenters. The molecule has 0 atom stereocenters. The lowest BCUT2D eigenvalue weighted by atomic mass is 9.92. The number of thiophene rings is 1. The number of hydrogen-bond acceptors (Lipinski definition) is 3. The molecule has 0 radical (unpaired) electrons. The highest BCUT2D eigenvalue weighted by atomic mass is 32.1. The highest BCUT2D eigenvalue weighted by Crippen LogP contribution is 2.33. The number of nitrogens with zero attached hydrogens (tertiary/aromatic N) is 2. The summed E-state index contributed by atoms with van der Waals surface area (Å²) in [5.41, 5.74) is 4.25. The van der Waals surface area contributed by atoms with Crippen LogP contribution in [0.25, 0.3) is 0 Å². The zero-order valence-electron chi connectivity index (χ0n) is 23.9. The second-order valence-electron chi connectivity index (χ2n) is 11.3. The molecule has 5 nitrogen and oxygen atoms in total. The van der Waals surface area contributed by atoms with Crippen LogP contribution in [0, 0.1) is 0 Å². The molecule has 0 saturated heterocycles. The molecule has 1 aliphatic carbocycles. The Hall–Kier alpha value is -3.12. The molecule has 1 aromatic heterocycles. The largest absolute Gasteiger partial charge is 0.332 e. The van der Waals surface area contributed by atoms with Gasteiger partial charge in [0.2, 0.25) is 5.91 Å². The number of anilines is 1. The number of carbonyl (C=O) groups excluding carboxylic acids is 2. The Morgan fingerprint density at radius 3 is 2.10 bits per heavy atom. The van der Waals surface area contributed by atoms with Crippen LogP contribution >= 0.6 is 11.3 Å². The van der Waals surface area contributed by atoms with Gasteiger partial charge in [-0.15, -0.1) is 11.3 Å². The van der Waals surface area contributed by atoms with Crippen LogP contribution in [0.2, 0.25) is 0 Å². The van der Waals surface area contributed by atoms with Gasteiger partial charge in [0.25, 0.3) is 0 Å². The molecule has 1 heterocycles. The smallest absolute Gasteiger partial charge is 0.322 e. The Bertz CT molecular complexity index is 1170. The van der Waals surface area contributed by atoms with Crippen molar-refractivity contribution < 1.29 is 9.59 Å². The van der Waals surface area contributed by atoms with Crippen molar-refractivity contribution in [2.24, 2.45) is 0 Å². The predicted molar refractivity (Wildman–Crippen MR) is 162 cm³/mol. The fraction of sp³-hybridized carbons (Fsp3) is 0.455. The first-order chi connectivity index (χ1) is 18.8. The molecule has 1 aliphatic rings. The third-order valence-electron chi connectivity index (χ3n) is 7.68. The lowest BCUT2D eigenvalue weighted by molar-refractivity contribution is -0.133. The van der Waals surface area contributed by atoms with Crippen molar-refractivity contribution in [1.82, 2.24) is 9.80 Å². The van der Waals surface area contributed by atoms with Gasteiger partial charge in [0.1, 0.15) is 6.54 Å². The number of nitrogens with one attached hydrogen (secondary N) is 1. The van der Waals surface area contributed by atoms with Gasteiger partial charge in [0.05, 0.1) is 6.54 Å². The first-order valence-electron chi connectivity index (χ1n) is 14.4. The van der Waals surface area contributed by atoms with E-state index < -0.39 is 0 Å². The monoisotopic (exact) mass is 545 g/mol. The van der Waals surface area contributed by atoms with Crippen molar-refractivity contribution in [3.63, 3.8) is 0 Å². The van der Waals surface area contributed by atoms with E-state index in [0.717, 1.165) is 52.9 Å². The molecular weight excluding hydrogens is 502 g/mol. The summed E-state index contributed by atoms with van der Waals surface area (Å²) in [6.07, 6.45) is 5.24. The van der Waals surface area contributed by atoms with Crippen LogP contribution in [0.3, 0.4) is 0 Å². The van der Waals surface area contributed by atoms with Crippen LogP contribution in [-0.4, -0.2) is 34.3 Å². The number of urea groups is 1. The molecular formula is C33H43N3O2S. The Kier molecular flexibility index (Phi) is 10.2. The van der Waals surface area contributed by atoms with Gasteiger partial charge in [0, 0.05) is 23.2 Å². The normalized spacial score (nSPS) is 14.0. The van der Waals surface area contributed by atoms with E-state index in [4.69, 9.17) is 0 Å². The summed E-state index contributed by atoms with van der Waals surface area (Å²) in [7, 11) is 0. The number of benzene rings is 2. The van der Waals surface area contributed by atoms with Gasteiger partial charge in [-0.05, 0) is 52.8 Å². The Labute approximate surface area is 238 Å². The maximum atomic E-state index is 14.0. The van der Waals surface area contributed by atoms with Crippen molar-refractivity contribution in [2.75, 3.05) is 11.9 Å². The molecule has 39 heavy (non-hydrogen) atoms. The fourth-order valence-corrected chi connectivity index (χ4v) is 6.23. The standard InChI is InChI=1S/C33H43N3O2S/c1-24(2)29-18-11-19-30(25(3)4)32(29)34-33(38)36(27-15-9-6-10-16-27)23-31(37)35(22-28-17-12-20-39-28)21-26-13-7-5-8-14-26/h5,7-8,11-14,17-20,24-25,27H,6,9-10,15-16,21-23H2,1-4H3,(H,34,38). The summed E-state index contributed by atoms with van der Waals surface area (Å²) >= 11 is 1.66. The maximum Gasteiger partial charge on any atom is 0.322 e. The minimum atomic E-state index is -0.166. The van der Waals surface area contributed by atoms with E-state index in [1.807, 2.05) is 39.4 Å². The van der Waals surface area contributed by atoms with Gasteiger partial charge in [-0.25, -0.2) is 4.79 Å². The number of hydrogen-bond donors (Lipinski definition) is 1. The van der Waals surface area contributed by atoms with E-state index in [9.17, 15) is 9.59 Å². The van der Waals surface area contributed by atoms with Gasteiger partial charge in [0.15, 0.2) is 0 Å². The van der Waals surface area contributed by atoms with Crippen molar-refractivity contribution in [3.05, 3.63) is 87.6 Å². The molecule has 208 valence electrons. The molecule has 6 heteroatoms. The number of amides is 3. The van der Waals surface area contributed by atoms with Crippen LogP contribution in [0.15, 0.2) is 66.0 Å². The number of para-hydroxylation sites is 1. The minimum absolute atomic E-state index is 0.0193. The summed E-state index contributed by atoms with van der Waals surface area (Å²) in [5, 5.41) is 5.34. The Morgan fingerprint density at radius 2 is 1.51 bits per heavy atom. The summed E-state index contributed by atoms with van der Waals surface area (Å²) < 4.78 is 0. The third kappa shape index (κ3) is 7.72. The third-order valence-corrected chi connectivity index (χ3v) is 8.54. The van der Waals surface area contributed by atoms with E-state index in [-0.39, 0.29) is 36.4 Å². The topological polar surface area (TPSA) is 52.7 Å². The van der Waals surface area contributed by atoms with Crippen LogP contribution in [-0.2, 0) is 17.9 Å². The van der Waals surface area contributed by atoms with Gasteiger partial charge >= 0.3 is 6.03 Å². The summed E-state index contributed by atoms with van der Waals surface area (Å²) in [6.45, 7) is 9.76. The molecule has 4 rings (SSSR count). The van der Waals surface area contributed by atoms with E-state index in [0.29, 0.717) is 13.1 Å². The Balaban J connectivity index is 1.61. The van der Waals surface area contributed by atoms with Gasteiger partial charge in [-0.1, -0.05) is 102 Å². The van der Waals surface area contributed by atoms with Crippen molar-refractivity contribution in [3.8, 4) is 0 Å². The van der Waals surface area contributed by atoms with E-state index >= 15 is 0 Å². The van der Waals surface area contributed by atoms with Crippen LogP contribution in [0.4, 0.5) is 10.5 Å². The highest BCUT2D eigenvalue weighted by Gasteiger charge is 2.30. The lowest BCUT2D eigenvalue weighted by Gasteiger charge is -2.36. The predicted octanol–water partition coefficient (Wildman–Crippen LogP) is 8.39. The quantitative estimate of drug-likeness (QED) is 0.278. The molecule has 0 spiro atoms. The Morgan fingerprint density at radius 1 is 0.846 bits per heavy atom. The van der Waals surface area contributed by atoms with E-state index in [2.05, 4.69) is 69.4 Å². The average molecular weight is 546 g/mol. The second kappa shape index (κ2) is 13.8. The molecule has 2 aromatic carbocycles. The first kappa shape index (κ1) is 28.9. The lowest BCUT2D eigenvalue weighted by Crippen LogP contribution is -2.49. The summed E-state index contributed by atoms with van der Waals surface area (Å²) in [4.78, 5) is 32.8. The molecule has 0 aliphatic heterocycles. The highest BCUT2D eigenvalue weighted by molar-refractivity contribution is 7.09. The van der Waals surface area contributed by atoms with Gasteiger partial charge in [-0.3, -0.25) is 4.79 Å². The minimum Gasteiger partial charge on any atom is -0.332 e. The van der Waals surface area contributed by atoms with Crippen LogP contribution < -0.4 is 5.32 Å². The van der Waals surface area contributed by atoms with Crippen LogP contribution in [0.5, 0.6) is 0 Å².